The highest BCUT2D eigenvalue weighted by atomic mass is 35.5. The van der Waals surface area contributed by atoms with Crippen molar-refractivity contribution < 1.29 is 5.11 Å². The molecule has 12 heavy (non-hydrogen) atoms. The molecule has 0 aliphatic rings. The quantitative estimate of drug-likeness (QED) is 0.685. The van der Waals surface area contributed by atoms with Crippen LogP contribution in [0.4, 0.5) is 0 Å². The number of rotatable bonds is 4. The summed E-state index contributed by atoms with van der Waals surface area (Å²) in [6.07, 6.45) is 3.37. The van der Waals surface area contributed by atoms with Crippen molar-refractivity contribution in [3.8, 4) is 0 Å². The van der Waals surface area contributed by atoms with Gasteiger partial charge in [0.1, 0.15) is 0 Å². The topological polar surface area (TPSA) is 45.1 Å². The number of hydrogen-bond donors (Lipinski definition) is 2. The average molecular weight is 187 g/mol. The third-order valence-electron chi connectivity index (χ3n) is 1.45. The summed E-state index contributed by atoms with van der Waals surface area (Å²) in [6, 6.07) is 1.75. The summed E-state index contributed by atoms with van der Waals surface area (Å²) in [7, 11) is 0. The van der Waals surface area contributed by atoms with E-state index in [1.165, 1.54) is 0 Å². The lowest BCUT2D eigenvalue weighted by molar-refractivity contribution is 0.292. The van der Waals surface area contributed by atoms with Gasteiger partial charge < -0.3 is 10.4 Å². The largest absolute Gasteiger partial charge is 0.395 e. The molecule has 0 bridgehead atoms. The van der Waals surface area contributed by atoms with Crippen molar-refractivity contribution in [1.29, 1.82) is 0 Å². The molecule has 0 amide bonds. The molecule has 1 aromatic rings. The summed E-state index contributed by atoms with van der Waals surface area (Å²) in [5.74, 6) is 0. The van der Waals surface area contributed by atoms with Gasteiger partial charge in [-0.15, -0.1) is 0 Å². The normalized spacial score (nSPS) is 10.2. The number of hydrogen-bond acceptors (Lipinski definition) is 3. The maximum absolute atomic E-state index is 8.50. The highest BCUT2D eigenvalue weighted by molar-refractivity contribution is 6.31. The van der Waals surface area contributed by atoms with Crippen LogP contribution in [0.3, 0.4) is 0 Å². The van der Waals surface area contributed by atoms with Crippen molar-refractivity contribution in [2.45, 2.75) is 6.54 Å². The molecule has 0 spiro atoms. The fourth-order valence-corrected chi connectivity index (χ4v) is 1.01. The van der Waals surface area contributed by atoms with Crippen molar-refractivity contribution in [2.75, 3.05) is 13.2 Å². The van der Waals surface area contributed by atoms with Crippen LogP contribution in [0.5, 0.6) is 0 Å². The fraction of sp³-hybridized carbons (Fsp3) is 0.375. The minimum absolute atomic E-state index is 0.137. The van der Waals surface area contributed by atoms with Crippen molar-refractivity contribution in [2.24, 2.45) is 0 Å². The zero-order chi connectivity index (χ0) is 8.81. The molecule has 4 heteroatoms. The van der Waals surface area contributed by atoms with E-state index in [1.807, 2.05) is 0 Å². The van der Waals surface area contributed by atoms with Gasteiger partial charge in [0.05, 0.1) is 6.61 Å². The monoisotopic (exact) mass is 186 g/mol. The van der Waals surface area contributed by atoms with Gasteiger partial charge in [0.2, 0.25) is 0 Å². The molecule has 1 aromatic heterocycles. The molecule has 0 aliphatic heterocycles. The van der Waals surface area contributed by atoms with E-state index in [-0.39, 0.29) is 6.61 Å². The Kier molecular flexibility index (Phi) is 4.00. The Hall–Kier alpha value is -0.640. The molecular formula is C8H11ClN2O. The number of aliphatic hydroxyl groups is 1. The van der Waals surface area contributed by atoms with Gasteiger partial charge in [0.25, 0.3) is 0 Å². The van der Waals surface area contributed by atoms with Crippen LogP contribution in [0.15, 0.2) is 18.5 Å². The minimum Gasteiger partial charge on any atom is -0.395 e. The zero-order valence-electron chi connectivity index (χ0n) is 6.63. The molecule has 1 heterocycles. The van der Waals surface area contributed by atoms with Crippen molar-refractivity contribution in [1.82, 2.24) is 10.3 Å². The number of aliphatic hydroxyl groups excluding tert-OH is 1. The molecule has 3 nitrogen and oxygen atoms in total. The Morgan fingerprint density at radius 1 is 1.58 bits per heavy atom. The van der Waals surface area contributed by atoms with Gasteiger partial charge in [0, 0.05) is 36.1 Å². The van der Waals surface area contributed by atoms with E-state index in [0.717, 1.165) is 5.56 Å². The first-order chi connectivity index (χ1) is 5.84. The molecule has 2 N–H and O–H groups in total. The highest BCUT2D eigenvalue weighted by Crippen LogP contribution is 2.12. The summed E-state index contributed by atoms with van der Waals surface area (Å²) in [4.78, 5) is 3.94. The van der Waals surface area contributed by atoms with Crippen molar-refractivity contribution >= 4 is 11.6 Å². The van der Waals surface area contributed by atoms with E-state index in [4.69, 9.17) is 16.7 Å². The third kappa shape index (κ3) is 2.77. The molecule has 0 radical (unpaired) electrons. The lowest BCUT2D eigenvalue weighted by atomic mass is 10.3. The van der Waals surface area contributed by atoms with E-state index < -0.39 is 0 Å². The van der Waals surface area contributed by atoms with E-state index in [9.17, 15) is 0 Å². The first-order valence-corrected chi connectivity index (χ1v) is 4.12. The summed E-state index contributed by atoms with van der Waals surface area (Å²) in [6.45, 7) is 1.36. The maximum Gasteiger partial charge on any atom is 0.0556 e. The Morgan fingerprint density at radius 2 is 2.42 bits per heavy atom. The Bertz CT molecular complexity index is 242. The number of aromatic nitrogens is 1. The van der Waals surface area contributed by atoms with Crippen LogP contribution in [-0.2, 0) is 6.54 Å². The van der Waals surface area contributed by atoms with Gasteiger partial charge in [-0.25, -0.2) is 0 Å². The number of pyridine rings is 1. The van der Waals surface area contributed by atoms with E-state index >= 15 is 0 Å². The summed E-state index contributed by atoms with van der Waals surface area (Å²) >= 11 is 5.86. The van der Waals surface area contributed by atoms with Crippen molar-refractivity contribution in [3.63, 3.8) is 0 Å². The van der Waals surface area contributed by atoms with E-state index in [0.29, 0.717) is 18.1 Å². The first-order valence-electron chi connectivity index (χ1n) is 3.74. The predicted octanol–water partition coefficient (Wildman–Crippen LogP) is 0.817. The molecule has 0 aromatic carbocycles. The van der Waals surface area contributed by atoms with Gasteiger partial charge in [-0.05, 0) is 6.07 Å². The van der Waals surface area contributed by atoms with Crippen LogP contribution < -0.4 is 5.32 Å². The average Bonchev–Trinajstić information content (AvgIpc) is 2.09. The Morgan fingerprint density at radius 3 is 3.08 bits per heavy atom. The highest BCUT2D eigenvalue weighted by Gasteiger charge is 1.97. The Balaban J connectivity index is 2.46. The number of halogens is 1. The third-order valence-corrected chi connectivity index (χ3v) is 1.82. The molecule has 0 atom stereocenters. The summed E-state index contributed by atoms with van der Waals surface area (Å²) < 4.78 is 0. The number of nitrogens with one attached hydrogen (secondary N) is 1. The molecule has 1 rings (SSSR count). The fourth-order valence-electron chi connectivity index (χ4n) is 0.842. The summed E-state index contributed by atoms with van der Waals surface area (Å²) in [5, 5.41) is 12.2. The lowest BCUT2D eigenvalue weighted by Crippen LogP contribution is -2.17. The van der Waals surface area contributed by atoms with Crippen LogP contribution in [0.25, 0.3) is 0 Å². The second kappa shape index (κ2) is 5.09. The van der Waals surface area contributed by atoms with Gasteiger partial charge in [-0.2, -0.15) is 0 Å². The Labute approximate surface area is 76.4 Å². The summed E-state index contributed by atoms with van der Waals surface area (Å²) in [5.41, 5.74) is 0.951. The second-order valence-electron chi connectivity index (χ2n) is 2.37. The molecule has 66 valence electrons. The maximum atomic E-state index is 8.50. The first kappa shape index (κ1) is 9.45. The van der Waals surface area contributed by atoms with Crippen LogP contribution in [0.2, 0.25) is 5.02 Å². The van der Waals surface area contributed by atoms with Gasteiger partial charge in [-0.1, -0.05) is 11.6 Å². The number of nitrogens with zero attached hydrogens (tertiary/aromatic N) is 1. The van der Waals surface area contributed by atoms with Crippen LogP contribution >= 0.6 is 11.6 Å². The molecule has 0 saturated carbocycles. The lowest BCUT2D eigenvalue weighted by Gasteiger charge is -2.03. The minimum atomic E-state index is 0.137. The second-order valence-corrected chi connectivity index (χ2v) is 2.77. The van der Waals surface area contributed by atoms with E-state index in [2.05, 4.69) is 10.3 Å². The van der Waals surface area contributed by atoms with E-state index in [1.54, 1.807) is 18.5 Å². The smallest absolute Gasteiger partial charge is 0.0556 e. The van der Waals surface area contributed by atoms with Gasteiger partial charge in [0.15, 0.2) is 0 Å². The molecular weight excluding hydrogens is 176 g/mol. The molecule has 0 aliphatic carbocycles. The molecule has 0 unspecified atom stereocenters. The van der Waals surface area contributed by atoms with Gasteiger partial charge in [-0.3, -0.25) is 4.98 Å². The van der Waals surface area contributed by atoms with Crippen molar-refractivity contribution in [3.05, 3.63) is 29.0 Å². The standard InChI is InChI=1S/C8H11ClN2O/c9-8-1-2-10-5-7(8)6-11-3-4-12/h1-2,5,11-12H,3-4,6H2. The molecule has 0 saturated heterocycles. The zero-order valence-corrected chi connectivity index (χ0v) is 7.38. The predicted molar refractivity (Wildman–Crippen MR) is 48.0 cm³/mol. The van der Waals surface area contributed by atoms with Crippen LogP contribution in [0.1, 0.15) is 5.56 Å². The van der Waals surface area contributed by atoms with Crippen LogP contribution in [0, 0.1) is 0 Å². The van der Waals surface area contributed by atoms with Gasteiger partial charge >= 0.3 is 0 Å². The SMILES string of the molecule is OCCNCc1cnccc1Cl. The van der Waals surface area contributed by atoms with Crippen LogP contribution in [-0.4, -0.2) is 23.2 Å². The molecule has 0 fully saturated rings.